The lowest BCUT2D eigenvalue weighted by atomic mass is 9.71. The fourth-order valence-corrected chi connectivity index (χ4v) is 5.95. The zero-order valence-corrected chi connectivity index (χ0v) is 17.1. The topological polar surface area (TPSA) is 61.5 Å². The van der Waals surface area contributed by atoms with Crippen molar-refractivity contribution in [3.05, 3.63) is 52.6 Å². The van der Waals surface area contributed by atoms with Crippen molar-refractivity contribution in [3.63, 3.8) is 0 Å². The number of hydrogen-bond acceptors (Lipinski definition) is 5. The fourth-order valence-electron chi connectivity index (χ4n) is 5.95. The number of piperidine rings is 3. The third kappa shape index (κ3) is 3.66. The fraction of sp³-hybridized carbons (Fsp3) is 0.565. The summed E-state index contributed by atoms with van der Waals surface area (Å²) in [6.45, 7) is 3.21. The van der Waals surface area contributed by atoms with E-state index in [0.29, 0.717) is 23.9 Å². The van der Waals surface area contributed by atoms with Crippen molar-refractivity contribution in [2.45, 2.75) is 44.2 Å². The number of rotatable bonds is 4. The van der Waals surface area contributed by atoms with Crippen LogP contribution in [0.5, 0.6) is 5.75 Å². The Labute approximate surface area is 171 Å². The molecule has 3 aliphatic heterocycles. The number of H-pyrrole nitrogens is 1. The Hall–Kier alpha value is -2.34. The lowest BCUT2D eigenvalue weighted by molar-refractivity contribution is -0.0318. The van der Waals surface area contributed by atoms with Gasteiger partial charge >= 0.3 is 0 Å². The monoisotopic (exact) mass is 394 g/mol. The number of aromatic nitrogens is 2. The van der Waals surface area contributed by atoms with Crippen molar-refractivity contribution in [1.29, 1.82) is 0 Å². The minimum absolute atomic E-state index is 0.0713. The van der Waals surface area contributed by atoms with Crippen molar-refractivity contribution in [2.75, 3.05) is 31.6 Å². The Bertz CT molecular complexity index is 914. The molecule has 4 heterocycles. The molecule has 1 N–H and O–H groups in total. The number of fused-ring (bicyclic) bond motifs is 4. The van der Waals surface area contributed by atoms with E-state index in [1.807, 2.05) is 6.07 Å². The second kappa shape index (κ2) is 7.82. The Morgan fingerprint density at radius 3 is 2.97 bits per heavy atom. The van der Waals surface area contributed by atoms with Crippen LogP contribution in [-0.2, 0) is 6.42 Å². The van der Waals surface area contributed by atoms with Crippen LogP contribution in [0.2, 0.25) is 0 Å². The van der Waals surface area contributed by atoms with Crippen LogP contribution in [0.4, 0.5) is 5.82 Å². The number of aromatic amines is 1. The molecule has 6 nitrogen and oxygen atoms in total. The number of benzene rings is 1. The lowest BCUT2D eigenvalue weighted by Crippen LogP contribution is -2.64. The van der Waals surface area contributed by atoms with Gasteiger partial charge in [-0.05, 0) is 61.8 Å². The minimum atomic E-state index is -0.0713. The highest BCUT2D eigenvalue weighted by Crippen LogP contribution is 2.42. The summed E-state index contributed by atoms with van der Waals surface area (Å²) in [4.78, 5) is 24.1. The molecule has 6 heteroatoms. The highest BCUT2D eigenvalue weighted by molar-refractivity contribution is 5.38. The van der Waals surface area contributed by atoms with E-state index in [-0.39, 0.29) is 5.56 Å². The average molecular weight is 395 g/mol. The summed E-state index contributed by atoms with van der Waals surface area (Å²) in [5.41, 5.74) is 1.28. The van der Waals surface area contributed by atoms with Crippen LogP contribution in [0.15, 0.2) is 41.5 Å². The third-order valence-electron chi connectivity index (χ3n) is 7.19. The Balaban J connectivity index is 1.44. The molecule has 2 aromatic rings. The van der Waals surface area contributed by atoms with Gasteiger partial charge in [0.15, 0.2) is 0 Å². The maximum atomic E-state index is 11.8. The van der Waals surface area contributed by atoms with Gasteiger partial charge in [-0.2, -0.15) is 0 Å². The second-order valence-electron chi connectivity index (χ2n) is 8.85. The van der Waals surface area contributed by atoms with Crippen LogP contribution in [0.3, 0.4) is 0 Å². The molecular weight excluding hydrogens is 364 g/mol. The van der Waals surface area contributed by atoms with Crippen LogP contribution in [0.25, 0.3) is 0 Å². The zero-order valence-electron chi connectivity index (χ0n) is 17.1. The molecular formula is C23H30N4O2. The van der Waals surface area contributed by atoms with E-state index >= 15 is 0 Å². The summed E-state index contributed by atoms with van der Waals surface area (Å²) in [6.07, 6.45) is 7.81. The highest BCUT2D eigenvalue weighted by atomic mass is 16.5. The number of methoxy groups -OCH3 is 1. The minimum Gasteiger partial charge on any atom is -0.497 e. The molecule has 29 heavy (non-hydrogen) atoms. The van der Waals surface area contributed by atoms with Gasteiger partial charge in [0.2, 0.25) is 0 Å². The molecule has 0 radical (unpaired) electrons. The van der Waals surface area contributed by atoms with Crippen LogP contribution in [0.1, 0.15) is 31.2 Å². The first kappa shape index (κ1) is 18.7. The Morgan fingerprint density at radius 2 is 2.10 bits per heavy atom. The Kier molecular flexibility index (Phi) is 5.04. The Morgan fingerprint density at radius 1 is 1.21 bits per heavy atom. The SMILES string of the molecule is COc1cccc(C[C@H]2[C@H]3C[C@H](CN(c4cc(=O)[nH]cn4)C3)[C@@H]3CCCCN32)c1. The number of nitrogens with one attached hydrogen (secondary N) is 1. The zero-order chi connectivity index (χ0) is 19.8. The lowest BCUT2D eigenvalue weighted by Gasteiger charge is -2.57. The normalized spacial score (nSPS) is 29.3. The maximum absolute atomic E-state index is 11.8. The average Bonchev–Trinajstić information content (AvgIpc) is 2.77. The number of nitrogens with zero attached hydrogens (tertiary/aromatic N) is 3. The molecule has 0 unspecified atom stereocenters. The summed E-state index contributed by atoms with van der Waals surface area (Å²) in [5, 5.41) is 0. The van der Waals surface area contributed by atoms with Crippen LogP contribution in [0, 0.1) is 11.8 Å². The van der Waals surface area contributed by atoms with Gasteiger partial charge in [0.1, 0.15) is 11.6 Å². The standard InChI is InChI=1S/C23H30N4O2/c1-29-19-6-4-5-16(9-19)10-21-18-11-17(20-7-2-3-8-27(20)21)13-26(14-18)22-12-23(28)25-15-24-22/h4-6,9,12,15,17-18,20-21H,2-3,7-8,10-11,13-14H2,1H3,(H,24,25,28)/t17-,18+,20+,21+/m1/s1. The predicted octanol–water partition coefficient (Wildman–Crippen LogP) is 2.70. The van der Waals surface area contributed by atoms with Gasteiger partial charge < -0.3 is 14.6 Å². The van der Waals surface area contributed by atoms with Crippen molar-refractivity contribution in [3.8, 4) is 5.75 Å². The summed E-state index contributed by atoms with van der Waals surface area (Å²) in [5.74, 6) is 3.02. The van der Waals surface area contributed by atoms with Crippen LogP contribution < -0.4 is 15.2 Å². The van der Waals surface area contributed by atoms with Crippen LogP contribution in [-0.4, -0.2) is 53.7 Å². The molecule has 0 spiro atoms. The second-order valence-corrected chi connectivity index (χ2v) is 8.85. The first-order valence-electron chi connectivity index (χ1n) is 10.9. The van der Waals surface area contributed by atoms with Gasteiger partial charge in [0, 0.05) is 31.2 Å². The van der Waals surface area contributed by atoms with Crippen molar-refractivity contribution >= 4 is 5.82 Å². The number of ether oxygens (including phenoxy) is 1. The molecule has 1 aromatic heterocycles. The first-order valence-corrected chi connectivity index (χ1v) is 10.9. The molecule has 2 bridgehead atoms. The summed E-state index contributed by atoms with van der Waals surface area (Å²) >= 11 is 0. The van der Waals surface area contributed by atoms with Crippen LogP contribution >= 0.6 is 0 Å². The van der Waals surface area contributed by atoms with Crippen molar-refractivity contribution in [1.82, 2.24) is 14.9 Å². The van der Waals surface area contributed by atoms with E-state index in [0.717, 1.165) is 31.1 Å². The largest absolute Gasteiger partial charge is 0.497 e. The third-order valence-corrected chi connectivity index (χ3v) is 7.19. The van der Waals surface area contributed by atoms with E-state index in [1.165, 1.54) is 44.1 Å². The van der Waals surface area contributed by atoms with Crippen molar-refractivity contribution in [2.24, 2.45) is 11.8 Å². The van der Waals surface area contributed by atoms with Gasteiger partial charge in [-0.1, -0.05) is 18.6 Å². The van der Waals surface area contributed by atoms with E-state index in [4.69, 9.17) is 4.74 Å². The first-order chi connectivity index (χ1) is 14.2. The number of anilines is 1. The predicted molar refractivity (Wildman–Crippen MR) is 113 cm³/mol. The summed E-state index contributed by atoms with van der Waals surface area (Å²) < 4.78 is 5.46. The van der Waals surface area contributed by atoms with Gasteiger partial charge in [-0.3, -0.25) is 9.69 Å². The molecule has 0 saturated carbocycles. The molecule has 0 amide bonds. The van der Waals surface area contributed by atoms with Gasteiger partial charge in [-0.15, -0.1) is 0 Å². The summed E-state index contributed by atoms with van der Waals surface area (Å²) in [7, 11) is 1.73. The molecule has 0 aliphatic carbocycles. The molecule has 4 atom stereocenters. The quantitative estimate of drug-likeness (QED) is 0.864. The van der Waals surface area contributed by atoms with E-state index in [1.54, 1.807) is 13.2 Å². The molecule has 3 fully saturated rings. The van der Waals surface area contributed by atoms with E-state index in [9.17, 15) is 4.79 Å². The smallest absolute Gasteiger partial charge is 0.252 e. The molecule has 5 rings (SSSR count). The molecule has 1 aromatic carbocycles. The molecule has 3 aliphatic rings. The highest BCUT2D eigenvalue weighted by Gasteiger charge is 2.47. The van der Waals surface area contributed by atoms with Gasteiger partial charge in [0.25, 0.3) is 5.56 Å². The number of hydrogen-bond donors (Lipinski definition) is 1. The molecule has 154 valence electrons. The maximum Gasteiger partial charge on any atom is 0.252 e. The van der Waals surface area contributed by atoms with Gasteiger partial charge in [0.05, 0.1) is 13.4 Å². The van der Waals surface area contributed by atoms with E-state index < -0.39 is 0 Å². The van der Waals surface area contributed by atoms with Crippen molar-refractivity contribution < 1.29 is 4.74 Å². The van der Waals surface area contributed by atoms with Gasteiger partial charge in [-0.25, -0.2) is 4.98 Å². The molecule has 3 saturated heterocycles. The summed E-state index contributed by atoms with van der Waals surface area (Å²) in [6, 6.07) is 11.4. The van der Waals surface area contributed by atoms with E-state index in [2.05, 4.69) is 38.0 Å².